The highest BCUT2D eigenvalue weighted by molar-refractivity contribution is 5.81. The molecule has 0 aromatic carbocycles. The summed E-state index contributed by atoms with van der Waals surface area (Å²) in [5.74, 6) is -1.81. The second kappa shape index (κ2) is 7.49. The highest BCUT2D eigenvalue weighted by Crippen LogP contribution is 2.21. The SMILES string of the molecule is C1=CCNCC1.O=C(N1CCC(O)CC1)C(F)(F)F. The minimum Gasteiger partial charge on any atom is -0.393 e. The van der Waals surface area contributed by atoms with E-state index in [1.54, 1.807) is 0 Å². The molecule has 0 bridgehead atoms. The molecule has 110 valence electrons. The van der Waals surface area contributed by atoms with Crippen LogP contribution in [0.5, 0.6) is 0 Å². The van der Waals surface area contributed by atoms with E-state index in [4.69, 9.17) is 5.11 Å². The Labute approximate surface area is 110 Å². The average molecular weight is 280 g/mol. The standard InChI is InChI=1S/C7H10F3NO2.C5H9N/c8-7(9,10)6(13)11-3-1-5(12)2-4-11;1-2-4-6-5-3-1/h5,12H,1-4H2;1-2,6H,3-5H2. The van der Waals surface area contributed by atoms with Crippen LogP contribution in [0.1, 0.15) is 19.3 Å². The van der Waals surface area contributed by atoms with Crippen LogP contribution < -0.4 is 5.32 Å². The maximum Gasteiger partial charge on any atom is 0.471 e. The van der Waals surface area contributed by atoms with Gasteiger partial charge >= 0.3 is 12.1 Å². The van der Waals surface area contributed by atoms with Gasteiger partial charge < -0.3 is 15.3 Å². The number of aliphatic hydroxyl groups excluding tert-OH is 1. The number of halogens is 3. The lowest BCUT2D eigenvalue weighted by atomic mass is 10.1. The zero-order chi connectivity index (χ0) is 14.3. The third-order valence-electron chi connectivity index (χ3n) is 2.91. The first-order valence-corrected chi connectivity index (χ1v) is 6.31. The Bertz CT molecular complexity index is 303. The Morgan fingerprint density at radius 1 is 1.26 bits per heavy atom. The molecule has 1 saturated heterocycles. The van der Waals surface area contributed by atoms with Crippen LogP contribution in [0, 0.1) is 0 Å². The van der Waals surface area contributed by atoms with E-state index in [0.717, 1.165) is 18.0 Å². The van der Waals surface area contributed by atoms with E-state index in [1.165, 1.54) is 6.42 Å². The fourth-order valence-electron chi connectivity index (χ4n) is 1.82. The second-order valence-corrected chi connectivity index (χ2v) is 4.49. The van der Waals surface area contributed by atoms with Crippen LogP contribution in [0.15, 0.2) is 12.2 Å². The number of aliphatic hydroxyl groups is 1. The number of hydrogen-bond donors (Lipinski definition) is 2. The molecule has 0 aromatic rings. The van der Waals surface area contributed by atoms with E-state index in [1.807, 2.05) is 0 Å². The Hall–Kier alpha value is -1.08. The molecular formula is C12H19F3N2O2. The minimum atomic E-state index is -4.79. The van der Waals surface area contributed by atoms with Crippen LogP contribution in [0.2, 0.25) is 0 Å². The van der Waals surface area contributed by atoms with Crippen LogP contribution >= 0.6 is 0 Å². The van der Waals surface area contributed by atoms with Crippen molar-refractivity contribution >= 4 is 5.91 Å². The van der Waals surface area contributed by atoms with Gasteiger partial charge in [-0.25, -0.2) is 0 Å². The van der Waals surface area contributed by atoms with Gasteiger partial charge in [0.15, 0.2) is 0 Å². The Balaban J connectivity index is 0.000000250. The number of carbonyl (C=O) groups excluding carboxylic acids is 1. The zero-order valence-corrected chi connectivity index (χ0v) is 10.6. The van der Waals surface area contributed by atoms with Crippen molar-refractivity contribution in [3.05, 3.63) is 12.2 Å². The van der Waals surface area contributed by atoms with Crippen LogP contribution in [-0.2, 0) is 4.79 Å². The largest absolute Gasteiger partial charge is 0.471 e. The molecule has 0 unspecified atom stereocenters. The topological polar surface area (TPSA) is 52.6 Å². The first-order valence-electron chi connectivity index (χ1n) is 6.31. The lowest BCUT2D eigenvalue weighted by Crippen LogP contribution is -2.46. The predicted molar refractivity (Wildman–Crippen MR) is 64.5 cm³/mol. The summed E-state index contributed by atoms with van der Waals surface area (Å²) in [7, 11) is 0. The molecule has 0 aliphatic carbocycles. The summed E-state index contributed by atoms with van der Waals surface area (Å²) in [6.45, 7) is 2.20. The fraction of sp³-hybridized carbons (Fsp3) is 0.750. The number of likely N-dealkylation sites (tertiary alicyclic amines) is 1. The maximum absolute atomic E-state index is 11.9. The molecule has 0 atom stereocenters. The van der Waals surface area contributed by atoms with E-state index in [0.29, 0.717) is 0 Å². The molecule has 7 heteroatoms. The number of piperidine rings is 1. The molecule has 2 aliphatic rings. The Morgan fingerprint density at radius 3 is 2.21 bits per heavy atom. The molecule has 2 heterocycles. The second-order valence-electron chi connectivity index (χ2n) is 4.49. The van der Waals surface area contributed by atoms with Crippen LogP contribution in [-0.4, -0.2) is 54.4 Å². The van der Waals surface area contributed by atoms with Gasteiger partial charge in [0.05, 0.1) is 6.10 Å². The van der Waals surface area contributed by atoms with Crippen LogP contribution in [0.3, 0.4) is 0 Å². The van der Waals surface area contributed by atoms with Gasteiger partial charge in [0.1, 0.15) is 0 Å². The smallest absolute Gasteiger partial charge is 0.393 e. The van der Waals surface area contributed by atoms with Gasteiger partial charge in [-0.2, -0.15) is 13.2 Å². The van der Waals surface area contributed by atoms with Crippen molar-refractivity contribution in [1.29, 1.82) is 0 Å². The van der Waals surface area contributed by atoms with Gasteiger partial charge in [0.25, 0.3) is 0 Å². The molecule has 4 nitrogen and oxygen atoms in total. The summed E-state index contributed by atoms with van der Waals surface area (Å²) in [6.07, 6.45) is 0.656. The molecule has 1 fully saturated rings. The van der Waals surface area contributed by atoms with E-state index >= 15 is 0 Å². The van der Waals surface area contributed by atoms with Crippen molar-refractivity contribution in [3.63, 3.8) is 0 Å². The molecule has 0 spiro atoms. The number of alkyl halides is 3. The first kappa shape index (κ1) is 16.0. The summed E-state index contributed by atoms with van der Waals surface area (Å²) in [5, 5.41) is 12.2. The first-order chi connectivity index (χ1) is 8.91. The summed E-state index contributed by atoms with van der Waals surface area (Å²) in [4.78, 5) is 11.4. The number of nitrogens with one attached hydrogen (secondary N) is 1. The average Bonchev–Trinajstić information content (AvgIpc) is 2.40. The van der Waals surface area contributed by atoms with Crippen molar-refractivity contribution in [1.82, 2.24) is 10.2 Å². The molecule has 2 aliphatic heterocycles. The third-order valence-corrected chi connectivity index (χ3v) is 2.91. The highest BCUT2D eigenvalue weighted by atomic mass is 19.4. The lowest BCUT2D eigenvalue weighted by molar-refractivity contribution is -0.187. The van der Waals surface area contributed by atoms with Crippen molar-refractivity contribution in [2.45, 2.75) is 31.5 Å². The van der Waals surface area contributed by atoms with Crippen molar-refractivity contribution in [2.75, 3.05) is 26.2 Å². The zero-order valence-electron chi connectivity index (χ0n) is 10.6. The van der Waals surface area contributed by atoms with Crippen molar-refractivity contribution in [3.8, 4) is 0 Å². The normalized spacial score (nSPS) is 20.7. The molecule has 19 heavy (non-hydrogen) atoms. The molecule has 0 aromatic heterocycles. The minimum absolute atomic E-state index is 0.0144. The summed E-state index contributed by atoms with van der Waals surface area (Å²) >= 11 is 0. The summed E-state index contributed by atoms with van der Waals surface area (Å²) in [6, 6.07) is 0. The summed E-state index contributed by atoms with van der Waals surface area (Å²) in [5.41, 5.74) is 0. The molecular weight excluding hydrogens is 261 g/mol. The van der Waals surface area contributed by atoms with Gasteiger partial charge in [0.2, 0.25) is 0 Å². The van der Waals surface area contributed by atoms with Crippen molar-refractivity contribution in [2.24, 2.45) is 0 Å². The maximum atomic E-state index is 11.9. The molecule has 1 amide bonds. The van der Waals surface area contributed by atoms with Gasteiger partial charge in [-0.3, -0.25) is 4.79 Å². The lowest BCUT2D eigenvalue weighted by Gasteiger charge is -2.29. The fourth-order valence-corrected chi connectivity index (χ4v) is 1.82. The quantitative estimate of drug-likeness (QED) is 0.653. The Morgan fingerprint density at radius 2 is 1.89 bits per heavy atom. The number of rotatable bonds is 0. The van der Waals surface area contributed by atoms with E-state index < -0.39 is 18.2 Å². The van der Waals surface area contributed by atoms with Crippen LogP contribution in [0.25, 0.3) is 0 Å². The predicted octanol–water partition coefficient (Wildman–Crippen LogP) is 1.07. The van der Waals surface area contributed by atoms with E-state index in [-0.39, 0.29) is 25.9 Å². The highest BCUT2D eigenvalue weighted by Gasteiger charge is 2.43. The van der Waals surface area contributed by atoms with Gasteiger partial charge in [-0.05, 0) is 25.8 Å². The van der Waals surface area contributed by atoms with E-state index in [9.17, 15) is 18.0 Å². The van der Waals surface area contributed by atoms with Gasteiger partial charge in [0, 0.05) is 19.6 Å². The molecule has 0 radical (unpaired) electrons. The van der Waals surface area contributed by atoms with Gasteiger partial charge in [-0.15, -0.1) is 0 Å². The van der Waals surface area contributed by atoms with Gasteiger partial charge in [-0.1, -0.05) is 12.2 Å². The summed E-state index contributed by atoms with van der Waals surface area (Å²) < 4.78 is 35.6. The van der Waals surface area contributed by atoms with Crippen molar-refractivity contribution < 1.29 is 23.1 Å². The van der Waals surface area contributed by atoms with E-state index in [2.05, 4.69) is 17.5 Å². The van der Waals surface area contributed by atoms with Crippen LogP contribution in [0.4, 0.5) is 13.2 Å². The number of amides is 1. The third kappa shape index (κ3) is 6.07. The monoisotopic (exact) mass is 280 g/mol. The number of carbonyl (C=O) groups is 1. The number of nitrogens with zero attached hydrogens (tertiary/aromatic N) is 1. The molecule has 2 N–H and O–H groups in total. The molecule has 0 saturated carbocycles. The number of hydrogen-bond acceptors (Lipinski definition) is 3. The molecule has 2 rings (SSSR count). The Kier molecular flexibility index (Phi) is 6.30.